The van der Waals surface area contributed by atoms with Gasteiger partial charge in [0.05, 0.1) is 6.04 Å². The van der Waals surface area contributed by atoms with Crippen molar-refractivity contribution in [2.75, 3.05) is 12.3 Å². The molecule has 0 saturated heterocycles. The van der Waals surface area contributed by atoms with Crippen molar-refractivity contribution in [1.29, 1.82) is 0 Å². The van der Waals surface area contributed by atoms with Gasteiger partial charge in [0, 0.05) is 37.7 Å². The van der Waals surface area contributed by atoms with Crippen molar-refractivity contribution in [1.82, 2.24) is 15.5 Å². The molecule has 0 aliphatic carbocycles. The van der Waals surface area contributed by atoms with Gasteiger partial charge in [-0.1, -0.05) is 38.1 Å². The van der Waals surface area contributed by atoms with Gasteiger partial charge in [-0.25, -0.2) is 4.79 Å². The number of nitrogens with one attached hydrogen (secondary N) is 2. The minimum absolute atomic E-state index is 0.0946. The zero-order chi connectivity index (χ0) is 25.4. The van der Waals surface area contributed by atoms with Crippen LogP contribution in [0.3, 0.4) is 0 Å². The van der Waals surface area contributed by atoms with Crippen molar-refractivity contribution in [2.24, 2.45) is 11.7 Å². The van der Waals surface area contributed by atoms with Crippen LogP contribution in [0.4, 0.5) is 0 Å². The minimum Gasteiger partial charge on any atom is -0.481 e. The Morgan fingerprint density at radius 3 is 2.38 bits per heavy atom. The van der Waals surface area contributed by atoms with Gasteiger partial charge < -0.3 is 31.5 Å². The zero-order valence-corrected chi connectivity index (χ0v) is 20.3. The van der Waals surface area contributed by atoms with E-state index in [1.807, 2.05) is 38.1 Å². The van der Waals surface area contributed by atoms with E-state index in [0.29, 0.717) is 12.3 Å². The predicted octanol–water partition coefficient (Wildman–Crippen LogP) is 0.245. The van der Waals surface area contributed by atoms with Gasteiger partial charge in [-0.05, 0) is 23.5 Å². The van der Waals surface area contributed by atoms with Crippen LogP contribution in [0.5, 0.6) is 0 Å². The summed E-state index contributed by atoms with van der Waals surface area (Å²) in [5.74, 6) is -3.05. The Labute approximate surface area is 204 Å². The van der Waals surface area contributed by atoms with E-state index in [9.17, 15) is 24.3 Å². The number of hydrogen-bond acceptors (Lipinski definition) is 7. The number of hydrogen-bond donors (Lipinski definition) is 6. The number of carbonyl (C=O) groups is 4. The Morgan fingerprint density at radius 2 is 1.82 bits per heavy atom. The van der Waals surface area contributed by atoms with E-state index in [-0.39, 0.29) is 37.3 Å². The number of rotatable bonds is 12. The summed E-state index contributed by atoms with van der Waals surface area (Å²) in [7, 11) is 0. The van der Waals surface area contributed by atoms with Gasteiger partial charge in [-0.15, -0.1) is 0 Å². The molecule has 11 heteroatoms. The van der Waals surface area contributed by atoms with Gasteiger partial charge in [-0.2, -0.15) is 12.6 Å². The van der Waals surface area contributed by atoms with Crippen molar-refractivity contribution in [2.45, 2.75) is 63.8 Å². The highest BCUT2D eigenvalue weighted by molar-refractivity contribution is 7.80. The van der Waals surface area contributed by atoms with Crippen LogP contribution in [0, 0.1) is 5.92 Å². The number of carboxylic acid groups (broad SMARTS) is 2. The first-order chi connectivity index (χ1) is 16.0. The van der Waals surface area contributed by atoms with Crippen LogP contribution in [0.1, 0.15) is 37.8 Å². The molecule has 2 amide bonds. The Hall–Kier alpha value is -2.63. The quantitative estimate of drug-likeness (QED) is 0.225. The van der Waals surface area contributed by atoms with Crippen molar-refractivity contribution >= 4 is 36.4 Å². The molecule has 0 aromatic heterocycles. The lowest BCUT2D eigenvalue weighted by molar-refractivity contribution is -0.147. The topological polar surface area (TPSA) is 162 Å². The normalized spacial score (nSPS) is 18.0. The SMILES string of the molecule is CC(C)[C@H](NCC(N)CS)C(=O)N1Cc2ccccc2C[C@@H]1C(=O)N[C@@H](CCC(=O)O)C(=O)O. The second kappa shape index (κ2) is 12.7. The number of carbonyl (C=O) groups excluding carboxylic acids is 2. The van der Waals surface area contributed by atoms with Crippen LogP contribution in [-0.2, 0) is 32.1 Å². The first kappa shape index (κ1) is 27.6. The highest BCUT2D eigenvalue weighted by Gasteiger charge is 2.39. The fourth-order valence-corrected chi connectivity index (χ4v) is 4.04. The van der Waals surface area contributed by atoms with Crippen LogP contribution >= 0.6 is 12.6 Å². The van der Waals surface area contributed by atoms with E-state index in [1.54, 1.807) is 0 Å². The van der Waals surface area contributed by atoms with E-state index in [1.165, 1.54) is 4.90 Å². The summed E-state index contributed by atoms with van der Waals surface area (Å²) in [6.07, 6.45) is -0.441. The molecule has 0 spiro atoms. The third-order valence-corrected chi connectivity index (χ3v) is 6.33. The van der Waals surface area contributed by atoms with Crippen LogP contribution in [0.15, 0.2) is 24.3 Å². The Bertz CT molecular complexity index is 896. The first-order valence-corrected chi connectivity index (χ1v) is 11.9. The fraction of sp³-hybridized carbons (Fsp3) is 0.565. The van der Waals surface area contributed by atoms with Gasteiger partial charge >= 0.3 is 11.9 Å². The molecule has 1 aliphatic rings. The predicted molar refractivity (Wildman–Crippen MR) is 129 cm³/mol. The maximum atomic E-state index is 13.6. The number of aliphatic carboxylic acids is 2. The monoisotopic (exact) mass is 494 g/mol. The Kier molecular flexibility index (Phi) is 10.3. The second-order valence-corrected chi connectivity index (χ2v) is 9.22. The fourth-order valence-electron chi connectivity index (χ4n) is 3.91. The van der Waals surface area contributed by atoms with Gasteiger partial charge in [0.2, 0.25) is 11.8 Å². The van der Waals surface area contributed by atoms with Gasteiger partial charge in [0.1, 0.15) is 12.1 Å². The van der Waals surface area contributed by atoms with Crippen molar-refractivity contribution in [3.05, 3.63) is 35.4 Å². The standard InChI is InChI=1S/C23H34N4O6S/c1-13(2)20(25-10-16(24)12-34)22(31)27-11-15-6-4-3-5-14(15)9-18(27)21(30)26-17(23(32)33)7-8-19(28)29/h3-6,13,16-18,20,25,34H,7-12,24H2,1-2H3,(H,26,30)(H,28,29)(H,32,33)/t16?,17-,18+,20-/m0/s1. The average Bonchev–Trinajstić information content (AvgIpc) is 2.79. The molecular formula is C23H34N4O6S. The molecule has 10 nitrogen and oxygen atoms in total. The molecule has 1 aromatic carbocycles. The number of carboxylic acids is 2. The number of thiol groups is 1. The first-order valence-electron chi connectivity index (χ1n) is 11.3. The molecule has 188 valence electrons. The number of fused-ring (bicyclic) bond motifs is 1. The summed E-state index contributed by atoms with van der Waals surface area (Å²) < 4.78 is 0. The average molecular weight is 495 g/mol. The third kappa shape index (κ3) is 7.44. The number of benzene rings is 1. The molecule has 1 aliphatic heterocycles. The summed E-state index contributed by atoms with van der Waals surface area (Å²) in [6, 6.07) is 4.32. The van der Waals surface area contributed by atoms with E-state index >= 15 is 0 Å². The van der Waals surface area contributed by atoms with Crippen LogP contribution in [-0.4, -0.2) is 75.3 Å². The molecule has 1 unspecified atom stereocenters. The van der Waals surface area contributed by atoms with Crippen molar-refractivity contribution in [3.63, 3.8) is 0 Å². The molecule has 2 rings (SSSR count). The molecule has 0 bridgehead atoms. The molecule has 6 N–H and O–H groups in total. The molecular weight excluding hydrogens is 460 g/mol. The van der Waals surface area contributed by atoms with E-state index in [2.05, 4.69) is 23.3 Å². The van der Waals surface area contributed by atoms with Gasteiger partial charge in [-0.3, -0.25) is 14.4 Å². The summed E-state index contributed by atoms with van der Waals surface area (Å²) in [4.78, 5) is 50.8. The van der Waals surface area contributed by atoms with Crippen LogP contribution in [0.2, 0.25) is 0 Å². The van der Waals surface area contributed by atoms with E-state index < -0.39 is 42.4 Å². The van der Waals surface area contributed by atoms with Gasteiger partial charge in [0.15, 0.2) is 0 Å². The van der Waals surface area contributed by atoms with Gasteiger partial charge in [0.25, 0.3) is 0 Å². The molecule has 0 radical (unpaired) electrons. The molecule has 34 heavy (non-hydrogen) atoms. The summed E-state index contributed by atoms with van der Waals surface area (Å²) in [5, 5.41) is 24.0. The summed E-state index contributed by atoms with van der Waals surface area (Å²) in [5.41, 5.74) is 7.76. The highest BCUT2D eigenvalue weighted by Crippen LogP contribution is 2.25. The largest absolute Gasteiger partial charge is 0.481 e. The Balaban J connectivity index is 2.30. The third-order valence-electron chi connectivity index (χ3n) is 5.86. The minimum atomic E-state index is -1.37. The molecule has 1 aromatic rings. The van der Waals surface area contributed by atoms with Crippen LogP contribution < -0.4 is 16.4 Å². The molecule has 0 saturated carbocycles. The lowest BCUT2D eigenvalue weighted by Crippen LogP contribution is -2.60. The Morgan fingerprint density at radius 1 is 1.18 bits per heavy atom. The summed E-state index contributed by atoms with van der Waals surface area (Å²) in [6.45, 7) is 4.35. The van der Waals surface area contributed by atoms with E-state index in [0.717, 1.165) is 11.1 Å². The lowest BCUT2D eigenvalue weighted by Gasteiger charge is -2.39. The van der Waals surface area contributed by atoms with Crippen molar-refractivity contribution in [3.8, 4) is 0 Å². The lowest BCUT2D eigenvalue weighted by atomic mass is 9.91. The van der Waals surface area contributed by atoms with Crippen LogP contribution in [0.25, 0.3) is 0 Å². The second-order valence-electron chi connectivity index (χ2n) is 8.86. The number of nitrogens with zero attached hydrogens (tertiary/aromatic N) is 1. The molecule has 0 fully saturated rings. The molecule has 1 heterocycles. The molecule has 4 atom stereocenters. The maximum Gasteiger partial charge on any atom is 0.326 e. The zero-order valence-electron chi connectivity index (χ0n) is 19.4. The number of nitrogens with two attached hydrogens (primary N) is 1. The van der Waals surface area contributed by atoms with Crippen molar-refractivity contribution < 1.29 is 29.4 Å². The maximum absolute atomic E-state index is 13.6. The smallest absolute Gasteiger partial charge is 0.326 e. The van der Waals surface area contributed by atoms with E-state index in [4.69, 9.17) is 10.8 Å². The summed E-state index contributed by atoms with van der Waals surface area (Å²) >= 11 is 4.18. The highest BCUT2D eigenvalue weighted by atomic mass is 32.1. The number of amides is 2.